The van der Waals surface area contributed by atoms with E-state index in [4.69, 9.17) is 0 Å². The molecule has 0 aliphatic carbocycles. The number of hydrogen-bond acceptors (Lipinski definition) is 3. The summed E-state index contributed by atoms with van der Waals surface area (Å²) in [4.78, 5) is 14.9. The highest BCUT2D eigenvalue weighted by molar-refractivity contribution is 8.69. The molecule has 1 saturated heterocycles. The molecule has 0 aromatic carbocycles. The molecule has 1 aliphatic rings. The van der Waals surface area contributed by atoms with Gasteiger partial charge in [0.05, 0.1) is 5.92 Å². The van der Waals surface area contributed by atoms with Crippen molar-refractivity contribution < 1.29 is 4.79 Å². The quantitative estimate of drug-likeness (QED) is 0.394. The Hall–Kier alpha value is 0.170. The van der Waals surface area contributed by atoms with Gasteiger partial charge in [0.1, 0.15) is 0 Å². The highest BCUT2D eigenvalue weighted by Gasteiger charge is 2.37. The number of nitrogens with zero attached hydrogens (tertiary/aromatic N) is 1. The molecule has 2 nitrogen and oxygen atoms in total. The van der Waals surface area contributed by atoms with E-state index in [1.807, 2.05) is 0 Å². The first-order chi connectivity index (χ1) is 9.67. The molecule has 1 unspecified atom stereocenters. The fourth-order valence-electron chi connectivity index (χ4n) is 2.99. The van der Waals surface area contributed by atoms with Gasteiger partial charge in [0.2, 0.25) is 5.91 Å². The number of likely N-dealkylation sites (tertiary alicyclic amines) is 1. The largest absolute Gasteiger partial charge is 0.342 e. The van der Waals surface area contributed by atoms with E-state index >= 15 is 0 Å². The maximum Gasteiger partial charge on any atom is 0.227 e. The van der Waals surface area contributed by atoms with Gasteiger partial charge in [-0.1, -0.05) is 44.4 Å². The van der Waals surface area contributed by atoms with Gasteiger partial charge >= 0.3 is 0 Å². The van der Waals surface area contributed by atoms with E-state index in [0.29, 0.717) is 11.3 Å². The molecule has 1 amide bonds. The van der Waals surface area contributed by atoms with Gasteiger partial charge in [-0.2, -0.15) is 0 Å². The lowest BCUT2D eigenvalue weighted by Gasteiger charge is -2.34. The summed E-state index contributed by atoms with van der Waals surface area (Å²) in [5.74, 6) is 0.452. The number of thiol groups is 1. The molecule has 0 saturated carbocycles. The first kappa shape index (κ1) is 19.2. The molecule has 1 atom stereocenters. The highest BCUT2D eigenvalue weighted by atomic mass is 33.1. The predicted octanol–water partition coefficient (Wildman–Crippen LogP) is 5.19. The van der Waals surface area contributed by atoms with Gasteiger partial charge in [0.25, 0.3) is 0 Å². The van der Waals surface area contributed by atoms with Crippen LogP contribution in [0.3, 0.4) is 0 Å². The van der Waals surface area contributed by atoms with Gasteiger partial charge in [-0.3, -0.25) is 4.79 Å². The van der Waals surface area contributed by atoms with E-state index in [1.165, 1.54) is 23.6 Å². The first-order valence-corrected chi connectivity index (χ1v) is 10.2. The molecule has 0 spiro atoms. The van der Waals surface area contributed by atoms with E-state index in [9.17, 15) is 4.79 Å². The fourth-order valence-corrected chi connectivity index (χ4v) is 3.72. The molecule has 1 aliphatic heterocycles. The number of unbranched alkanes of at least 4 members (excludes halogenated alkanes) is 1. The van der Waals surface area contributed by atoms with Crippen LogP contribution >= 0.6 is 22.5 Å². The van der Waals surface area contributed by atoms with Crippen LogP contribution in [0.15, 0.2) is 0 Å². The summed E-state index contributed by atoms with van der Waals surface area (Å²) in [6.45, 7) is 13.1. The molecule has 0 aromatic heterocycles. The Balaban J connectivity index is 2.58. The molecule has 0 N–H and O–H groups in total. The second kappa shape index (κ2) is 8.14. The van der Waals surface area contributed by atoms with Crippen LogP contribution in [-0.4, -0.2) is 28.6 Å². The highest BCUT2D eigenvalue weighted by Crippen LogP contribution is 2.39. The van der Waals surface area contributed by atoms with Crippen molar-refractivity contribution in [3.05, 3.63) is 0 Å². The normalized spacial score (nSPS) is 18.1. The molecule has 124 valence electrons. The maximum atomic E-state index is 12.8. The first-order valence-electron chi connectivity index (χ1n) is 8.29. The van der Waals surface area contributed by atoms with Crippen molar-refractivity contribution >= 4 is 28.4 Å². The minimum atomic E-state index is -0.0927. The van der Waals surface area contributed by atoms with Crippen molar-refractivity contribution in [3.8, 4) is 0 Å². The smallest absolute Gasteiger partial charge is 0.227 e. The molecular weight excluding hydrogens is 298 g/mol. The summed E-state index contributed by atoms with van der Waals surface area (Å²) >= 11 is 4.41. The predicted molar refractivity (Wildman–Crippen MR) is 97.9 cm³/mol. The summed E-state index contributed by atoms with van der Waals surface area (Å²) in [6.07, 6.45) is 6.89. The molecule has 4 heteroatoms. The van der Waals surface area contributed by atoms with Crippen molar-refractivity contribution in [1.82, 2.24) is 4.90 Å². The number of carbonyl (C=O) groups is 1. The summed E-state index contributed by atoms with van der Waals surface area (Å²) < 4.78 is -0.0927. The van der Waals surface area contributed by atoms with Crippen LogP contribution in [-0.2, 0) is 4.79 Å². The van der Waals surface area contributed by atoms with Gasteiger partial charge in [-0.15, -0.1) is 11.7 Å². The number of rotatable bonds is 7. The standard InChI is InChI=1S/C17H33NOS2/c1-16(2,3)11-7-6-10-14(17(4,5)21-20)15(19)18-12-8-9-13-18/h14,20H,6-13H2,1-5H3. The van der Waals surface area contributed by atoms with Crippen LogP contribution in [0, 0.1) is 11.3 Å². The lowest BCUT2D eigenvalue weighted by atomic mass is 9.85. The van der Waals surface area contributed by atoms with Gasteiger partial charge in [0, 0.05) is 17.8 Å². The minimum absolute atomic E-state index is 0.0927. The van der Waals surface area contributed by atoms with Crippen LogP contribution in [0.1, 0.15) is 73.1 Å². The molecule has 1 rings (SSSR count). The van der Waals surface area contributed by atoms with Crippen LogP contribution in [0.5, 0.6) is 0 Å². The van der Waals surface area contributed by atoms with Gasteiger partial charge < -0.3 is 4.90 Å². The van der Waals surface area contributed by atoms with E-state index in [1.54, 1.807) is 0 Å². The summed E-state index contributed by atoms with van der Waals surface area (Å²) in [5, 5.41) is 0. The lowest BCUT2D eigenvalue weighted by molar-refractivity contribution is -0.135. The Labute approximate surface area is 140 Å². The monoisotopic (exact) mass is 331 g/mol. The Kier molecular flexibility index (Phi) is 7.45. The fraction of sp³-hybridized carbons (Fsp3) is 0.941. The van der Waals surface area contributed by atoms with E-state index in [0.717, 1.165) is 38.8 Å². The molecule has 0 aromatic rings. The second-order valence-corrected chi connectivity index (χ2v) is 9.87. The van der Waals surface area contributed by atoms with Crippen LogP contribution in [0.25, 0.3) is 0 Å². The van der Waals surface area contributed by atoms with E-state index in [2.05, 4.69) is 51.2 Å². The van der Waals surface area contributed by atoms with Crippen molar-refractivity contribution in [2.24, 2.45) is 11.3 Å². The third-order valence-electron chi connectivity index (χ3n) is 4.46. The molecular formula is C17H33NOS2. The van der Waals surface area contributed by atoms with Gasteiger partial charge in [0.15, 0.2) is 0 Å². The molecule has 0 radical (unpaired) electrons. The zero-order chi connectivity index (χ0) is 16.1. The minimum Gasteiger partial charge on any atom is -0.342 e. The Morgan fingerprint density at radius 3 is 2.19 bits per heavy atom. The average Bonchev–Trinajstić information content (AvgIpc) is 2.90. The zero-order valence-electron chi connectivity index (χ0n) is 14.4. The third kappa shape index (κ3) is 6.43. The number of amides is 1. The summed E-state index contributed by atoms with van der Waals surface area (Å²) in [5.41, 5.74) is 0.391. The van der Waals surface area contributed by atoms with E-state index < -0.39 is 0 Å². The topological polar surface area (TPSA) is 20.3 Å². The van der Waals surface area contributed by atoms with Crippen LogP contribution < -0.4 is 0 Å². The van der Waals surface area contributed by atoms with Gasteiger partial charge in [-0.25, -0.2) is 0 Å². The van der Waals surface area contributed by atoms with Gasteiger partial charge in [-0.05, 0) is 44.9 Å². The Bertz CT molecular complexity index is 330. The second-order valence-electron chi connectivity index (χ2n) is 8.09. The molecule has 0 bridgehead atoms. The number of hydrogen-bond donors (Lipinski definition) is 1. The molecule has 1 fully saturated rings. The Morgan fingerprint density at radius 2 is 1.71 bits per heavy atom. The van der Waals surface area contributed by atoms with Crippen molar-refractivity contribution in [2.75, 3.05) is 13.1 Å². The Morgan fingerprint density at radius 1 is 1.14 bits per heavy atom. The number of carbonyl (C=O) groups excluding carboxylic acids is 1. The van der Waals surface area contributed by atoms with Crippen molar-refractivity contribution in [2.45, 2.75) is 77.9 Å². The maximum absolute atomic E-state index is 12.8. The van der Waals surface area contributed by atoms with Crippen molar-refractivity contribution in [1.29, 1.82) is 0 Å². The molecule has 21 heavy (non-hydrogen) atoms. The SMILES string of the molecule is CC(C)(C)CCCCC(C(=O)N1CCCC1)C(C)(C)SS. The zero-order valence-corrected chi connectivity index (χ0v) is 16.2. The molecule has 1 heterocycles. The van der Waals surface area contributed by atoms with Crippen LogP contribution in [0.2, 0.25) is 0 Å². The summed E-state index contributed by atoms with van der Waals surface area (Å²) in [6, 6.07) is 0. The lowest BCUT2D eigenvalue weighted by Crippen LogP contribution is -2.42. The van der Waals surface area contributed by atoms with E-state index in [-0.39, 0.29) is 10.7 Å². The average molecular weight is 332 g/mol. The van der Waals surface area contributed by atoms with Crippen LogP contribution in [0.4, 0.5) is 0 Å². The van der Waals surface area contributed by atoms with Crippen molar-refractivity contribution in [3.63, 3.8) is 0 Å². The summed E-state index contributed by atoms with van der Waals surface area (Å²) in [7, 11) is 1.53. The third-order valence-corrected chi connectivity index (χ3v) is 6.63.